The van der Waals surface area contributed by atoms with Crippen LogP contribution in [0.3, 0.4) is 0 Å². The van der Waals surface area contributed by atoms with E-state index in [0.29, 0.717) is 0 Å². The van der Waals surface area contributed by atoms with Gasteiger partial charge in [0.25, 0.3) is 5.91 Å². The molecule has 1 saturated heterocycles. The Balaban J connectivity index is 2.12. The quantitative estimate of drug-likeness (QED) is 0.744. The van der Waals surface area contributed by atoms with Gasteiger partial charge < -0.3 is 21.1 Å². The summed E-state index contributed by atoms with van der Waals surface area (Å²) in [6, 6.07) is 2.14. The van der Waals surface area contributed by atoms with Gasteiger partial charge in [-0.05, 0) is 83.3 Å². The molecule has 0 spiro atoms. The second kappa shape index (κ2) is 6.79. The largest absolute Gasteiger partial charge is 0.478 e. The summed E-state index contributed by atoms with van der Waals surface area (Å²) >= 11 is 0. The Morgan fingerprint density at radius 3 is 2.48 bits per heavy atom. The molecule has 1 aromatic carbocycles. The Hall–Kier alpha value is -1.75. The summed E-state index contributed by atoms with van der Waals surface area (Å²) in [5.41, 5.74) is 8.88. The highest BCUT2D eigenvalue weighted by Crippen LogP contribution is 2.31. The van der Waals surface area contributed by atoms with E-state index in [1.165, 1.54) is 0 Å². The minimum absolute atomic E-state index is 0.0732. The van der Waals surface area contributed by atoms with Crippen molar-refractivity contribution in [3.05, 3.63) is 22.8 Å². The van der Waals surface area contributed by atoms with Crippen LogP contribution in [0.15, 0.2) is 6.07 Å². The van der Waals surface area contributed by atoms with Crippen molar-refractivity contribution >= 4 is 11.6 Å². The molecule has 23 heavy (non-hydrogen) atoms. The van der Waals surface area contributed by atoms with Gasteiger partial charge >= 0.3 is 0 Å². The minimum Gasteiger partial charge on any atom is -0.478 e. The fourth-order valence-corrected chi connectivity index (χ4v) is 2.82. The predicted molar refractivity (Wildman–Crippen MR) is 93.8 cm³/mol. The Labute approximate surface area is 139 Å². The first-order valence-electron chi connectivity index (χ1n) is 8.29. The molecule has 5 heteroatoms. The van der Waals surface area contributed by atoms with Crippen LogP contribution in [0.1, 0.15) is 43.4 Å². The van der Waals surface area contributed by atoms with Crippen LogP contribution in [0, 0.1) is 20.8 Å². The van der Waals surface area contributed by atoms with Crippen molar-refractivity contribution in [1.82, 2.24) is 10.6 Å². The number of rotatable bonds is 4. The van der Waals surface area contributed by atoms with Gasteiger partial charge in [0, 0.05) is 11.7 Å². The Bertz CT molecular complexity index is 590. The van der Waals surface area contributed by atoms with Crippen LogP contribution in [0.2, 0.25) is 0 Å². The van der Waals surface area contributed by atoms with Crippen molar-refractivity contribution in [2.45, 2.75) is 59.1 Å². The third kappa shape index (κ3) is 3.96. The molecule has 0 aliphatic carbocycles. The van der Waals surface area contributed by atoms with Gasteiger partial charge in [-0.15, -0.1) is 0 Å². The highest BCUT2D eigenvalue weighted by molar-refractivity contribution is 5.85. The zero-order valence-electron chi connectivity index (χ0n) is 14.9. The summed E-state index contributed by atoms with van der Waals surface area (Å²) in [7, 11) is 0. The molecule has 128 valence electrons. The second-order valence-electron chi connectivity index (χ2n) is 6.97. The van der Waals surface area contributed by atoms with Crippen LogP contribution < -0.4 is 21.1 Å². The van der Waals surface area contributed by atoms with Crippen LogP contribution in [0.25, 0.3) is 0 Å². The number of nitrogens with two attached hydrogens (primary N) is 1. The average Bonchev–Trinajstić information content (AvgIpc) is 2.51. The molecule has 0 saturated carbocycles. The number of carbonyl (C=O) groups excluding carboxylic acids is 1. The van der Waals surface area contributed by atoms with Crippen molar-refractivity contribution in [2.24, 2.45) is 0 Å². The normalized spacial score (nSPS) is 16.2. The van der Waals surface area contributed by atoms with E-state index in [-0.39, 0.29) is 11.9 Å². The zero-order valence-corrected chi connectivity index (χ0v) is 14.9. The predicted octanol–water partition coefficient (Wildman–Crippen LogP) is 2.22. The average molecular weight is 319 g/mol. The van der Waals surface area contributed by atoms with E-state index in [1.807, 2.05) is 40.7 Å². The third-order valence-electron chi connectivity index (χ3n) is 4.69. The highest BCUT2D eigenvalue weighted by atomic mass is 16.5. The standard InChI is InChI=1S/C18H29N3O2/c1-11-10-15(12(2)13(3)16(11)19)23-18(4,5)17(22)21-14-6-8-20-9-7-14/h10,14,20H,6-9,19H2,1-5H3,(H,21,22). The van der Waals surface area contributed by atoms with E-state index in [9.17, 15) is 4.79 Å². The molecule has 0 bridgehead atoms. The molecule has 1 fully saturated rings. The summed E-state index contributed by atoms with van der Waals surface area (Å²) in [5.74, 6) is 0.649. The molecule has 2 rings (SSSR count). The van der Waals surface area contributed by atoms with Gasteiger partial charge in [0.15, 0.2) is 5.60 Å². The number of ether oxygens (including phenoxy) is 1. The van der Waals surface area contributed by atoms with Crippen molar-refractivity contribution in [3.8, 4) is 5.75 Å². The van der Waals surface area contributed by atoms with E-state index in [4.69, 9.17) is 10.5 Å². The van der Waals surface area contributed by atoms with Gasteiger partial charge in [-0.25, -0.2) is 0 Å². The van der Waals surface area contributed by atoms with Crippen molar-refractivity contribution in [1.29, 1.82) is 0 Å². The molecule has 0 aromatic heterocycles. The lowest BCUT2D eigenvalue weighted by Crippen LogP contribution is -2.52. The molecular weight excluding hydrogens is 290 g/mol. The molecule has 0 atom stereocenters. The van der Waals surface area contributed by atoms with Gasteiger partial charge in [-0.3, -0.25) is 4.79 Å². The maximum atomic E-state index is 12.6. The smallest absolute Gasteiger partial charge is 0.263 e. The number of piperidine rings is 1. The molecule has 1 heterocycles. The van der Waals surface area contributed by atoms with E-state index >= 15 is 0 Å². The van der Waals surface area contributed by atoms with Crippen LogP contribution in [-0.4, -0.2) is 30.6 Å². The van der Waals surface area contributed by atoms with E-state index in [1.54, 1.807) is 0 Å². The first-order valence-corrected chi connectivity index (χ1v) is 8.29. The molecule has 0 unspecified atom stereocenters. The van der Waals surface area contributed by atoms with E-state index < -0.39 is 5.60 Å². The maximum absolute atomic E-state index is 12.6. The first-order chi connectivity index (χ1) is 10.7. The summed E-state index contributed by atoms with van der Waals surface area (Å²) in [6.07, 6.45) is 1.92. The zero-order chi connectivity index (χ0) is 17.2. The number of anilines is 1. The topological polar surface area (TPSA) is 76.4 Å². The maximum Gasteiger partial charge on any atom is 0.263 e. The van der Waals surface area contributed by atoms with E-state index in [2.05, 4.69) is 10.6 Å². The van der Waals surface area contributed by atoms with E-state index in [0.717, 1.165) is 54.1 Å². The van der Waals surface area contributed by atoms with Gasteiger partial charge in [0.05, 0.1) is 0 Å². The lowest BCUT2D eigenvalue weighted by Gasteiger charge is -2.31. The number of hydrogen-bond donors (Lipinski definition) is 3. The van der Waals surface area contributed by atoms with Crippen LogP contribution in [0.4, 0.5) is 5.69 Å². The third-order valence-corrected chi connectivity index (χ3v) is 4.69. The number of benzene rings is 1. The fourth-order valence-electron chi connectivity index (χ4n) is 2.82. The summed E-state index contributed by atoms with van der Waals surface area (Å²) in [6.45, 7) is 11.4. The number of amides is 1. The Morgan fingerprint density at radius 2 is 1.87 bits per heavy atom. The van der Waals surface area contributed by atoms with Gasteiger partial charge in [-0.2, -0.15) is 0 Å². The molecule has 1 amide bonds. The summed E-state index contributed by atoms with van der Waals surface area (Å²) < 4.78 is 6.07. The van der Waals surface area contributed by atoms with Crippen LogP contribution in [0.5, 0.6) is 5.75 Å². The molecule has 5 nitrogen and oxygen atoms in total. The van der Waals surface area contributed by atoms with Crippen molar-refractivity contribution < 1.29 is 9.53 Å². The Kier molecular flexibility index (Phi) is 5.19. The number of aryl methyl sites for hydroxylation is 1. The minimum atomic E-state index is -0.926. The molecule has 4 N–H and O–H groups in total. The van der Waals surface area contributed by atoms with Gasteiger partial charge in [0.2, 0.25) is 0 Å². The van der Waals surface area contributed by atoms with Gasteiger partial charge in [0.1, 0.15) is 5.75 Å². The highest BCUT2D eigenvalue weighted by Gasteiger charge is 2.32. The second-order valence-corrected chi connectivity index (χ2v) is 6.97. The number of carbonyl (C=O) groups is 1. The number of nitrogens with one attached hydrogen (secondary N) is 2. The first kappa shape index (κ1) is 17.6. The lowest BCUT2D eigenvalue weighted by atomic mass is 10.0. The van der Waals surface area contributed by atoms with Crippen molar-refractivity contribution in [2.75, 3.05) is 18.8 Å². The molecule has 0 radical (unpaired) electrons. The monoisotopic (exact) mass is 319 g/mol. The summed E-state index contributed by atoms with van der Waals surface area (Å²) in [4.78, 5) is 12.6. The van der Waals surface area contributed by atoms with Crippen LogP contribution >= 0.6 is 0 Å². The molecule has 1 aliphatic rings. The molecular formula is C18H29N3O2. The number of nitrogen functional groups attached to an aromatic ring is 1. The summed E-state index contributed by atoms with van der Waals surface area (Å²) in [5, 5.41) is 6.41. The SMILES string of the molecule is Cc1cc(OC(C)(C)C(=O)NC2CCNCC2)c(C)c(C)c1N. The molecule has 1 aliphatic heterocycles. The lowest BCUT2D eigenvalue weighted by molar-refractivity contribution is -0.135. The fraction of sp³-hybridized carbons (Fsp3) is 0.611. The Morgan fingerprint density at radius 1 is 1.26 bits per heavy atom. The molecule has 1 aromatic rings. The van der Waals surface area contributed by atoms with Gasteiger partial charge in [-0.1, -0.05) is 0 Å². The number of hydrogen-bond acceptors (Lipinski definition) is 4. The van der Waals surface area contributed by atoms with Crippen molar-refractivity contribution in [3.63, 3.8) is 0 Å². The van der Waals surface area contributed by atoms with Crippen LogP contribution in [-0.2, 0) is 4.79 Å².